The summed E-state index contributed by atoms with van der Waals surface area (Å²) < 4.78 is 13.0. The zero-order chi connectivity index (χ0) is 24.3. The molecule has 2 amide bonds. The lowest BCUT2D eigenvalue weighted by atomic mass is 9.93. The Morgan fingerprint density at radius 3 is 2.53 bits per heavy atom. The van der Waals surface area contributed by atoms with Gasteiger partial charge in [-0.25, -0.2) is 0 Å². The molecule has 4 rings (SSSR count). The molecule has 0 saturated carbocycles. The molecule has 1 aromatic carbocycles. The number of amides is 2. The standard InChI is InChI=1S/C27H33N3O4/c1-5-33-21-10-8-20(9-11-21)17-30-25(31)23-13-12-22(24-7-6-16-34-24)29(23)18-27(30,4)26(32)28-15-14-19(2)3/h6-13,16,19H,5,14-15,17-18H2,1-4H3,(H,28,32). The van der Waals surface area contributed by atoms with E-state index in [0.717, 1.165) is 23.4 Å². The van der Waals surface area contributed by atoms with Crippen LogP contribution in [0.2, 0.25) is 0 Å². The predicted molar refractivity (Wildman–Crippen MR) is 130 cm³/mol. The van der Waals surface area contributed by atoms with Gasteiger partial charge < -0.3 is 23.9 Å². The zero-order valence-electron chi connectivity index (χ0n) is 20.3. The van der Waals surface area contributed by atoms with Gasteiger partial charge in [0.1, 0.15) is 22.7 Å². The van der Waals surface area contributed by atoms with Crippen molar-refractivity contribution < 1.29 is 18.7 Å². The van der Waals surface area contributed by atoms with Crippen molar-refractivity contribution in [2.75, 3.05) is 13.2 Å². The normalized spacial score (nSPS) is 17.7. The number of carbonyl (C=O) groups excluding carboxylic acids is 2. The summed E-state index contributed by atoms with van der Waals surface area (Å²) >= 11 is 0. The van der Waals surface area contributed by atoms with Crippen LogP contribution >= 0.6 is 0 Å². The highest BCUT2D eigenvalue weighted by atomic mass is 16.5. The molecular weight excluding hydrogens is 430 g/mol. The minimum absolute atomic E-state index is 0.155. The summed E-state index contributed by atoms with van der Waals surface area (Å²) in [5, 5.41) is 3.07. The molecule has 7 heteroatoms. The Morgan fingerprint density at radius 2 is 1.88 bits per heavy atom. The van der Waals surface area contributed by atoms with Crippen LogP contribution in [0.5, 0.6) is 5.75 Å². The van der Waals surface area contributed by atoms with Gasteiger partial charge in [-0.05, 0) is 68.1 Å². The van der Waals surface area contributed by atoms with Gasteiger partial charge in [0.05, 0.1) is 25.1 Å². The molecule has 1 aliphatic heterocycles. The van der Waals surface area contributed by atoms with E-state index in [2.05, 4.69) is 19.2 Å². The van der Waals surface area contributed by atoms with E-state index in [1.54, 1.807) is 11.2 Å². The van der Waals surface area contributed by atoms with Gasteiger partial charge in [-0.15, -0.1) is 0 Å². The number of carbonyl (C=O) groups is 2. The fraction of sp³-hybridized carbons (Fsp3) is 0.407. The van der Waals surface area contributed by atoms with Crippen LogP contribution in [-0.2, 0) is 17.9 Å². The van der Waals surface area contributed by atoms with Crippen molar-refractivity contribution in [2.24, 2.45) is 5.92 Å². The number of hydrogen-bond acceptors (Lipinski definition) is 4. The molecule has 0 spiro atoms. The van der Waals surface area contributed by atoms with E-state index in [0.29, 0.717) is 43.6 Å². The highest BCUT2D eigenvalue weighted by molar-refractivity contribution is 6.00. The summed E-state index contributed by atoms with van der Waals surface area (Å²) in [6.07, 6.45) is 2.48. The Bertz CT molecular complexity index is 1130. The molecule has 3 aromatic rings. The van der Waals surface area contributed by atoms with Crippen LogP contribution in [0.15, 0.2) is 59.2 Å². The first-order valence-corrected chi connectivity index (χ1v) is 11.9. The third-order valence-corrected chi connectivity index (χ3v) is 6.35. The largest absolute Gasteiger partial charge is 0.494 e. The van der Waals surface area contributed by atoms with Crippen molar-refractivity contribution in [2.45, 2.75) is 52.7 Å². The second-order valence-corrected chi connectivity index (χ2v) is 9.35. The van der Waals surface area contributed by atoms with E-state index < -0.39 is 5.54 Å². The molecule has 0 fully saturated rings. The fourth-order valence-electron chi connectivity index (χ4n) is 4.37. The SMILES string of the molecule is CCOc1ccc(CN2C(=O)c3ccc(-c4ccco4)n3CC2(C)C(=O)NCCC(C)C)cc1. The number of nitrogens with one attached hydrogen (secondary N) is 1. The summed E-state index contributed by atoms with van der Waals surface area (Å²) in [4.78, 5) is 29.0. The van der Waals surface area contributed by atoms with Gasteiger partial charge in [-0.2, -0.15) is 0 Å². The number of ether oxygens (including phenoxy) is 1. The summed E-state index contributed by atoms with van der Waals surface area (Å²) in [6, 6.07) is 15.0. The summed E-state index contributed by atoms with van der Waals surface area (Å²) in [7, 11) is 0. The van der Waals surface area contributed by atoms with Crippen LogP contribution in [0, 0.1) is 5.92 Å². The average molecular weight is 464 g/mol. The van der Waals surface area contributed by atoms with Gasteiger partial charge >= 0.3 is 0 Å². The van der Waals surface area contributed by atoms with E-state index in [1.165, 1.54) is 0 Å². The maximum absolute atomic E-state index is 13.7. The Kier molecular flexibility index (Phi) is 6.82. The van der Waals surface area contributed by atoms with Gasteiger partial charge in [0.25, 0.3) is 5.91 Å². The Balaban J connectivity index is 1.68. The number of rotatable bonds is 9. The summed E-state index contributed by atoms with van der Waals surface area (Å²) in [5.41, 5.74) is 1.20. The number of furan rings is 1. The van der Waals surface area contributed by atoms with E-state index in [9.17, 15) is 9.59 Å². The molecule has 2 aromatic heterocycles. The van der Waals surface area contributed by atoms with Crippen molar-refractivity contribution in [3.05, 3.63) is 66.1 Å². The lowest BCUT2D eigenvalue weighted by Crippen LogP contribution is -2.63. The van der Waals surface area contributed by atoms with Gasteiger partial charge in [0.2, 0.25) is 5.91 Å². The van der Waals surface area contributed by atoms with Crippen molar-refractivity contribution in [1.29, 1.82) is 0 Å². The number of aromatic nitrogens is 1. The van der Waals surface area contributed by atoms with E-state index in [-0.39, 0.29) is 11.8 Å². The molecule has 0 aliphatic carbocycles. The Labute approximate surface area is 200 Å². The minimum Gasteiger partial charge on any atom is -0.494 e. The number of fused-ring (bicyclic) bond motifs is 1. The van der Waals surface area contributed by atoms with E-state index in [1.807, 2.05) is 66.9 Å². The highest BCUT2D eigenvalue weighted by Gasteiger charge is 2.47. The first-order chi connectivity index (χ1) is 16.3. The molecular formula is C27H33N3O4. The molecule has 1 aliphatic rings. The van der Waals surface area contributed by atoms with Gasteiger partial charge in [-0.1, -0.05) is 26.0 Å². The minimum atomic E-state index is -1.07. The second-order valence-electron chi connectivity index (χ2n) is 9.35. The van der Waals surface area contributed by atoms with Gasteiger partial charge in [-0.3, -0.25) is 9.59 Å². The first kappa shape index (κ1) is 23.7. The number of benzene rings is 1. The first-order valence-electron chi connectivity index (χ1n) is 11.9. The number of nitrogens with zero attached hydrogens (tertiary/aromatic N) is 2. The molecule has 180 valence electrons. The maximum Gasteiger partial charge on any atom is 0.271 e. The maximum atomic E-state index is 13.7. The Morgan fingerprint density at radius 1 is 1.15 bits per heavy atom. The van der Waals surface area contributed by atoms with Crippen LogP contribution in [0.1, 0.15) is 50.2 Å². The number of hydrogen-bond donors (Lipinski definition) is 1. The van der Waals surface area contributed by atoms with Crippen LogP contribution < -0.4 is 10.1 Å². The third-order valence-electron chi connectivity index (χ3n) is 6.35. The van der Waals surface area contributed by atoms with Gasteiger partial charge in [0, 0.05) is 13.1 Å². The molecule has 3 heterocycles. The molecule has 0 radical (unpaired) electrons. The molecule has 0 bridgehead atoms. The molecule has 1 atom stereocenters. The quantitative estimate of drug-likeness (QED) is 0.498. The van der Waals surface area contributed by atoms with E-state index in [4.69, 9.17) is 9.15 Å². The van der Waals surface area contributed by atoms with Crippen LogP contribution in [0.3, 0.4) is 0 Å². The smallest absolute Gasteiger partial charge is 0.271 e. The van der Waals surface area contributed by atoms with Crippen LogP contribution in [-0.4, -0.2) is 40.0 Å². The van der Waals surface area contributed by atoms with E-state index >= 15 is 0 Å². The van der Waals surface area contributed by atoms with Crippen LogP contribution in [0.4, 0.5) is 0 Å². The summed E-state index contributed by atoms with van der Waals surface area (Å²) in [5.74, 6) is 1.59. The molecule has 1 N–H and O–H groups in total. The lowest BCUT2D eigenvalue weighted by Gasteiger charge is -2.44. The summed E-state index contributed by atoms with van der Waals surface area (Å²) in [6.45, 7) is 9.85. The predicted octanol–water partition coefficient (Wildman–Crippen LogP) is 4.72. The molecule has 0 saturated heterocycles. The second kappa shape index (κ2) is 9.79. The molecule has 1 unspecified atom stereocenters. The lowest BCUT2D eigenvalue weighted by molar-refractivity contribution is -0.133. The zero-order valence-corrected chi connectivity index (χ0v) is 20.3. The van der Waals surface area contributed by atoms with Crippen molar-refractivity contribution in [1.82, 2.24) is 14.8 Å². The fourth-order valence-corrected chi connectivity index (χ4v) is 4.37. The average Bonchev–Trinajstić information content (AvgIpc) is 3.47. The van der Waals surface area contributed by atoms with Crippen molar-refractivity contribution in [3.8, 4) is 17.2 Å². The molecule has 7 nitrogen and oxygen atoms in total. The van der Waals surface area contributed by atoms with Gasteiger partial charge in [0.15, 0.2) is 0 Å². The monoisotopic (exact) mass is 463 g/mol. The van der Waals surface area contributed by atoms with Crippen molar-refractivity contribution in [3.63, 3.8) is 0 Å². The molecule has 34 heavy (non-hydrogen) atoms. The van der Waals surface area contributed by atoms with Crippen LogP contribution in [0.25, 0.3) is 11.5 Å². The highest BCUT2D eigenvalue weighted by Crippen LogP contribution is 2.34. The van der Waals surface area contributed by atoms with Crippen molar-refractivity contribution >= 4 is 11.8 Å². The third kappa shape index (κ3) is 4.60. The Hall–Kier alpha value is -3.48. The topological polar surface area (TPSA) is 76.7 Å².